The predicted molar refractivity (Wildman–Crippen MR) is 87.3 cm³/mol. The molecule has 0 saturated heterocycles. The lowest BCUT2D eigenvalue weighted by atomic mass is 10.1. The topological polar surface area (TPSA) is 75.6 Å². The molecule has 1 amide bonds. The summed E-state index contributed by atoms with van der Waals surface area (Å²) in [6, 6.07) is 1.12. The number of carbonyl (C=O) groups is 2. The first-order chi connectivity index (χ1) is 10.4. The molecular weight excluding hydrogens is 302 g/mol. The molecule has 0 aliphatic heterocycles. The van der Waals surface area contributed by atoms with Crippen LogP contribution in [0.2, 0.25) is 0 Å². The zero-order valence-corrected chi connectivity index (χ0v) is 13.9. The van der Waals surface area contributed by atoms with E-state index >= 15 is 0 Å². The summed E-state index contributed by atoms with van der Waals surface area (Å²) in [5, 5.41) is 11.5. The number of nitrogens with one attached hydrogen (secondary N) is 1. The molecule has 0 aliphatic rings. The predicted octanol–water partition coefficient (Wildman–Crippen LogP) is 2.46. The molecule has 1 aromatic rings. The molecule has 1 rings (SSSR count). The van der Waals surface area contributed by atoms with E-state index in [9.17, 15) is 9.59 Å². The van der Waals surface area contributed by atoms with Gasteiger partial charge in [-0.2, -0.15) is 0 Å². The van der Waals surface area contributed by atoms with E-state index in [1.807, 2.05) is 0 Å². The van der Waals surface area contributed by atoms with Crippen molar-refractivity contribution < 1.29 is 19.4 Å². The SMILES string of the molecule is C=CCOCC(NC(=O)CCCc1cc(C)sc1C)C(=O)O. The van der Waals surface area contributed by atoms with Gasteiger partial charge in [-0.05, 0) is 38.3 Å². The second-order valence-corrected chi connectivity index (χ2v) is 6.54. The van der Waals surface area contributed by atoms with E-state index < -0.39 is 12.0 Å². The van der Waals surface area contributed by atoms with Crippen LogP contribution in [0.1, 0.15) is 28.2 Å². The summed E-state index contributed by atoms with van der Waals surface area (Å²) in [5.41, 5.74) is 1.26. The normalized spacial score (nSPS) is 11.9. The first-order valence-electron chi connectivity index (χ1n) is 7.20. The molecule has 0 aliphatic carbocycles. The number of amides is 1. The highest BCUT2D eigenvalue weighted by Crippen LogP contribution is 2.22. The van der Waals surface area contributed by atoms with Gasteiger partial charge in [-0.25, -0.2) is 4.79 Å². The molecule has 5 nitrogen and oxygen atoms in total. The number of carboxylic acids is 1. The van der Waals surface area contributed by atoms with Gasteiger partial charge >= 0.3 is 5.97 Å². The number of ether oxygens (including phenoxy) is 1. The van der Waals surface area contributed by atoms with Crippen LogP contribution in [0.15, 0.2) is 18.7 Å². The van der Waals surface area contributed by atoms with Crippen LogP contribution in [0.25, 0.3) is 0 Å². The Balaban J connectivity index is 2.35. The van der Waals surface area contributed by atoms with Gasteiger partial charge in [0.15, 0.2) is 6.04 Å². The van der Waals surface area contributed by atoms with Crippen LogP contribution in [-0.2, 0) is 20.7 Å². The number of aryl methyl sites for hydroxylation is 3. The number of aliphatic carboxylic acids is 1. The van der Waals surface area contributed by atoms with Crippen molar-refractivity contribution in [2.45, 2.75) is 39.2 Å². The highest BCUT2D eigenvalue weighted by Gasteiger charge is 2.19. The second kappa shape index (κ2) is 9.38. The first-order valence-corrected chi connectivity index (χ1v) is 8.02. The van der Waals surface area contributed by atoms with Crippen LogP contribution in [0.5, 0.6) is 0 Å². The third kappa shape index (κ3) is 6.41. The summed E-state index contributed by atoms with van der Waals surface area (Å²) in [6.07, 6.45) is 3.36. The molecule has 0 spiro atoms. The van der Waals surface area contributed by atoms with Crippen LogP contribution in [0.3, 0.4) is 0 Å². The number of hydrogen-bond acceptors (Lipinski definition) is 4. The van der Waals surface area contributed by atoms with Gasteiger partial charge in [0.25, 0.3) is 0 Å². The van der Waals surface area contributed by atoms with E-state index in [2.05, 4.69) is 31.8 Å². The standard InChI is InChI=1S/C16H23NO4S/c1-4-8-21-10-14(16(19)20)17-15(18)7-5-6-13-9-11(2)22-12(13)3/h4,9,14H,1,5-8,10H2,2-3H3,(H,17,18)(H,19,20). The van der Waals surface area contributed by atoms with Gasteiger partial charge < -0.3 is 15.2 Å². The van der Waals surface area contributed by atoms with Crippen molar-refractivity contribution >= 4 is 23.2 Å². The van der Waals surface area contributed by atoms with Crippen LogP contribution >= 0.6 is 11.3 Å². The van der Waals surface area contributed by atoms with Crippen molar-refractivity contribution in [3.63, 3.8) is 0 Å². The fourth-order valence-electron chi connectivity index (χ4n) is 2.08. The molecule has 0 fully saturated rings. The number of hydrogen-bond donors (Lipinski definition) is 2. The Bertz CT molecular complexity index is 524. The Hall–Kier alpha value is -1.66. The van der Waals surface area contributed by atoms with Crippen LogP contribution in [0, 0.1) is 13.8 Å². The summed E-state index contributed by atoms with van der Waals surface area (Å²) in [7, 11) is 0. The molecule has 0 bridgehead atoms. The van der Waals surface area contributed by atoms with Gasteiger partial charge in [0, 0.05) is 16.2 Å². The zero-order valence-electron chi connectivity index (χ0n) is 13.1. The van der Waals surface area contributed by atoms with Crippen molar-refractivity contribution in [3.8, 4) is 0 Å². The minimum atomic E-state index is -1.10. The van der Waals surface area contributed by atoms with Gasteiger partial charge in [0.1, 0.15) is 0 Å². The molecule has 22 heavy (non-hydrogen) atoms. The average molecular weight is 325 g/mol. The lowest BCUT2D eigenvalue weighted by Gasteiger charge is -2.14. The Morgan fingerprint density at radius 3 is 2.77 bits per heavy atom. The third-order valence-electron chi connectivity index (χ3n) is 3.15. The number of carbonyl (C=O) groups excluding carboxylic acids is 1. The van der Waals surface area contributed by atoms with E-state index in [4.69, 9.17) is 9.84 Å². The summed E-state index contributed by atoms with van der Waals surface area (Å²) in [5.74, 6) is -1.36. The molecule has 1 aromatic heterocycles. The van der Waals surface area contributed by atoms with Crippen molar-refractivity contribution in [3.05, 3.63) is 34.0 Å². The maximum Gasteiger partial charge on any atom is 0.328 e. The fourth-order valence-corrected chi connectivity index (χ4v) is 3.06. The van der Waals surface area contributed by atoms with Crippen LogP contribution in [-0.4, -0.2) is 36.2 Å². The molecule has 122 valence electrons. The summed E-state index contributed by atoms with van der Waals surface area (Å²) < 4.78 is 5.09. The first kappa shape index (κ1) is 18.4. The van der Waals surface area contributed by atoms with Crippen LogP contribution < -0.4 is 5.32 Å². The Labute approximate surface area is 135 Å². The molecule has 1 atom stereocenters. The van der Waals surface area contributed by atoms with Crippen molar-refractivity contribution in [1.82, 2.24) is 5.32 Å². The monoisotopic (exact) mass is 325 g/mol. The summed E-state index contributed by atoms with van der Waals surface area (Å²) in [4.78, 5) is 25.4. The van der Waals surface area contributed by atoms with Gasteiger partial charge in [0.2, 0.25) is 5.91 Å². The quantitative estimate of drug-likeness (QED) is 0.512. The third-order valence-corrected chi connectivity index (χ3v) is 4.16. The maximum absolute atomic E-state index is 11.8. The zero-order chi connectivity index (χ0) is 16.5. The smallest absolute Gasteiger partial charge is 0.328 e. The van der Waals surface area contributed by atoms with Gasteiger partial charge in [-0.3, -0.25) is 4.79 Å². The Morgan fingerprint density at radius 1 is 1.50 bits per heavy atom. The Kier molecular flexibility index (Phi) is 7.84. The van der Waals surface area contributed by atoms with Crippen molar-refractivity contribution in [2.24, 2.45) is 0 Å². The molecule has 1 heterocycles. The molecule has 0 saturated carbocycles. The highest BCUT2D eigenvalue weighted by molar-refractivity contribution is 7.12. The van der Waals surface area contributed by atoms with Gasteiger partial charge in [-0.1, -0.05) is 6.08 Å². The van der Waals surface area contributed by atoms with E-state index in [-0.39, 0.29) is 19.1 Å². The summed E-state index contributed by atoms with van der Waals surface area (Å²) in [6.45, 7) is 7.82. The molecule has 6 heteroatoms. The minimum absolute atomic E-state index is 0.0596. The average Bonchev–Trinajstić information content (AvgIpc) is 2.76. The number of carboxylic acid groups (broad SMARTS) is 1. The van der Waals surface area contributed by atoms with E-state index in [1.165, 1.54) is 21.4 Å². The largest absolute Gasteiger partial charge is 0.480 e. The van der Waals surface area contributed by atoms with Gasteiger partial charge in [0.05, 0.1) is 13.2 Å². The number of thiophene rings is 1. The van der Waals surface area contributed by atoms with Gasteiger partial charge in [-0.15, -0.1) is 17.9 Å². The molecule has 1 unspecified atom stereocenters. The lowest BCUT2D eigenvalue weighted by Crippen LogP contribution is -2.44. The molecule has 0 aromatic carbocycles. The van der Waals surface area contributed by atoms with Crippen molar-refractivity contribution in [2.75, 3.05) is 13.2 Å². The van der Waals surface area contributed by atoms with Crippen molar-refractivity contribution in [1.29, 1.82) is 0 Å². The molecule has 2 N–H and O–H groups in total. The number of rotatable bonds is 10. The highest BCUT2D eigenvalue weighted by atomic mass is 32.1. The minimum Gasteiger partial charge on any atom is -0.480 e. The molecular formula is C16H23NO4S. The molecule has 0 radical (unpaired) electrons. The van der Waals surface area contributed by atoms with Crippen LogP contribution in [0.4, 0.5) is 0 Å². The fraction of sp³-hybridized carbons (Fsp3) is 0.500. The second-order valence-electron chi connectivity index (χ2n) is 5.08. The summed E-state index contributed by atoms with van der Waals surface area (Å²) >= 11 is 1.75. The maximum atomic E-state index is 11.8. The Morgan fingerprint density at radius 2 is 2.23 bits per heavy atom. The lowest BCUT2D eigenvalue weighted by molar-refractivity contribution is -0.143. The van der Waals surface area contributed by atoms with E-state index in [1.54, 1.807) is 11.3 Å². The van der Waals surface area contributed by atoms with E-state index in [0.29, 0.717) is 12.8 Å². The van der Waals surface area contributed by atoms with E-state index in [0.717, 1.165) is 6.42 Å².